The maximum absolute atomic E-state index is 13.7. The van der Waals surface area contributed by atoms with E-state index in [1.54, 1.807) is 10.3 Å². The number of piperidine rings is 1. The van der Waals surface area contributed by atoms with Crippen molar-refractivity contribution in [2.45, 2.75) is 18.8 Å². The molecule has 3 aromatic rings. The van der Waals surface area contributed by atoms with Gasteiger partial charge in [0.25, 0.3) is 17.7 Å². The van der Waals surface area contributed by atoms with Crippen LogP contribution in [0, 0.1) is 23.5 Å². The maximum atomic E-state index is 13.7. The Morgan fingerprint density at radius 1 is 1.00 bits per heavy atom. The van der Waals surface area contributed by atoms with Crippen molar-refractivity contribution < 1.29 is 23.2 Å². The molecule has 35 heavy (non-hydrogen) atoms. The summed E-state index contributed by atoms with van der Waals surface area (Å²) in [5, 5.41) is 2.33. The van der Waals surface area contributed by atoms with Gasteiger partial charge in [-0.1, -0.05) is 24.1 Å². The number of rotatable bonds is 3. The summed E-state index contributed by atoms with van der Waals surface area (Å²) in [6.45, 7) is 1.07. The molecule has 1 aromatic heterocycles. The first-order chi connectivity index (χ1) is 16.9. The summed E-state index contributed by atoms with van der Waals surface area (Å²) in [7, 11) is 0. The second kappa shape index (κ2) is 10.9. The molecular formula is C25H20F2N4O3S. The van der Waals surface area contributed by atoms with E-state index in [1.807, 2.05) is 30.3 Å². The van der Waals surface area contributed by atoms with Gasteiger partial charge in [0.1, 0.15) is 17.3 Å². The largest absolute Gasteiger partial charge is 0.332 e. The molecule has 0 radical (unpaired) electrons. The van der Waals surface area contributed by atoms with Crippen LogP contribution in [0.1, 0.15) is 50.2 Å². The Morgan fingerprint density at radius 3 is 2.43 bits per heavy atom. The van der Waals surface area contributed by atoms with Crippen LogP contribution in [0.25, 0.3) is 0 Å². The van der Waals surface area contributed by atoms with Crippen LogP contribution in [0.15, 0.2) is 53.9 Å². The summed E-state index contributed by atoms with van der Waals surface area (Å²) in [5.74, 6) is 1.99. The van der Waals surface area contributed by atoms with Gasteiger partial charge in [0.2, 0.25) is 0 Å². The molecule has 0 spiro atoms. The predicted molar refractivity (Wildman–Crippen MR) is 125 cm³/mol. The standard InChI is InChI=1S/C25H20F2N4O3S/c26-18-7-8-19(20(27)14-18)23(33)29-30-24(34)21-15-35-25(28-21)17-10-12-31(13-11-17)22(32)9-6-16-4-2-1-3-5-16/h1-5,7-8,14-15,17H,10-13H2,(H,29,33)(H,30,34). The van der Waals surface area contributed by atoms with Crippen LogP contribution in [0.5, 0.6) is 0 Å². The Bertz CT molecular complexity index is 1310. The third-order valence-electron chi connectivity index (χ3n) is 5.44. The molecule has 0 aliphatic carbocycles. The molecule has 1 aliphatic rings. The zero-order valence-corrected chi connectivity index (χ0v) is 19.2. The number of halogens is 2. The second-order valence-corrected chi connectivity index (χ2v) is 8.68. The Hall–Kier alpha value is -4.10. The van der Waals surface area contributed by atoms with Crippen molar-refractivity contribution in [3.8, 4) is 11.8 Å². The number of thiazole rings is 1. The first kappa shape index (κ1) is 24.0. The van der Waals surface area contributed by atoms with Crippen LogP contribution in [-0.2, 0) is 4.79 Å². The van der Waals surface area contributed by atoms with E-state index >= 15 is 0 Å². The molecule has 2 N–H and O–H groups in total. The summed E-state index contributed by atoms with van der Waals surface area (Å²) in [6.07, 6.45) is 1.38. The first-order valence-electron chi connectivity index (χ1n) is 10.8. The van der Waals surface area contributed by atoms with Gasteiger partial charge >= 0.3 is 0 Å². The van der Waals surface area contributed by atoms with Gasteiger partial charge in [-0.25, -0.2) is 13.8 Å². The lowest BCUT2D eigenvalue weighted by Crippen LogP contribution is -2.42. The molecule has 0 unspecified atom stereocenters. The van der Waals surface area contributed by atoms with Crippen molar-refractivity contribution in [3.63, 3.8) is 0 Å². The lowest BCUT2D eigenvalue weighted by Gasteiger charge is -2.29. The van der Waals surface area contributed by atoms with Gasteiger partial charge in [0, 0.05) is 41.9 Å². The fraction of sp³-hybridized carbons (Fsp3) is 0.200. The molecular weight excluding hydrogens is 474 g/mol. The van der Waals surface area contributed by atoms with E-state index < -0.39 is 29.0 Å². The van der Waals surface area contributed by atoms with E-state index in [0.29, 0.717) is 32.0 Å². The number of benzene rings is 2. The number of carbonyl (C=O) groups excluding carboxylic acids is 3. The van der Waals surface area contributed by atoms with Crippen molar-refractivity contribution in [1.82, 2.24) is 20.7 Å². The molecule has 178 valence electrons. The zero-order chi connectivity index (χ0) is 24.8. The van der Waals surface area contributed by atoms with Crippen LogP contribution >= 0.6 is 11.3 Å². The Morgan fingerprint density at radius 2 is 1.71 bits per heavy atom. The molecule has 1 saturated heterocycles. The topological polar surface area (TPSA) is 91.4 Å². The molecule has 10 heteroatoms. The van der Waals surface area contributed by atoms with E-state index in [4.69, 9.17) is 0 Å². The summed E-state index contributed by atoms with van der Waals surface area (Å²) in [4.78, 5) is 42.8. The van der Waals surface area contributed by atoms with Gasteiger partial charge in [-0.3, -0.25) is 25.2 Å². The average Bonchev–Trinajstić information content (AvgIpc) is 3.37. The number of hydrogen-bond acceptors (Lipinski definition) is 5. The van der Waals surface area contributed by atoms with Crippen molar-refractivity contribution in [3.05, 3.63) is 87.4 Å². The summed E-state index contributed by atoms with van der Waals surface area (Å²) >= 11 is 1.32. The van der Waals surface area contributed by atoms with Gasteiger partial charge in [-0.2, -0.15) is 0 Å². The van der Waals surface area contributed by atoms with Gasteiger partial charge < -0.3 is 4.90 Å². The molecule has 0 atom stereocenters. The number of hydrazine groups is 1. The van der Waals surface area contributed by atoms with Crippen molar-refractivity contribution in [2.24, 2.45) is 0 Å². The van der Waals surface area contributed by atoms with Crippen LogP contribution < -0.4 is 10.9 Å². The molecule has 4 rings (SSSR count). The monoisotopic (exact) mass is 494 g/mol. The summed E-state index contributed by atoms with van der Waals surface area (Å²) < 4.78 is 26.7. The number of carbonyl (C=O) groups is 3. The molecule has 0 bridgehead atoms. The van der Waals surface area contributed by atoms with Gasteiger partial charge in [-0.15, -0.1) is 11.3 Å². The molecule has 1 aliphatic heterocycles. The van der Waals surface area contributed by atoms with Crippen molar-refractivity contribution >= 4 is 29.1 Å². The van der Waals surface area contributed by atoms with Crippen LogP contribution in [0.3, 0.4) is 0 Å². The Labute approximate surface area is 204 Å². The van der Waals surface area contributed by atoms with Gasteiger partial charge in [-0.05, 0) is 37.1 Å². The lowest BCUT2D eigenvalue weighted by atomic mass is 9.97. The second-order valence-electron chi connectivity index (χ2n) is 7.79. The highest BCUT2D eigenvalue weighted by atomic mass is 32.1. The van der Waals surface area contributed by atoms with E-state index in [1.165, 1.54) is 11.3 Å². The zero-order valence-electron chi connectivity index (χ0n) is 18.4. The third kappa shape index (κ3) is 6.07. The molecule has 7 nitrogen and oxygen atoms in total. The fourth-order valence-electron chi connectivity index (χ4n) is 3.55. The number of aromatic nitrogens is 1. The molecule has 2 heterocycles. The summed E-state index contributed by atoms with van der Waals surface area (Å²) in [5.41, 5.74) is 4.76. The molecule has 3 amide bonds. The van der Waals surface area contributed by atoms with Crippen LogP contribution in [0.4, 0.5) is 8.78 Å². The number of nitrogens with zero attached hydrogens (tertiary/aromatic N) is 2. The Balaban J connectivity index is 1.28. The minimum atomic E-state index is -1.04. The third-order valence-corrected chi connectivity index (χ3v) is 6.45. The number of nitrogens with one attached hydrogen (secondary N) is 2. The molecule has 1 fully saturated rings. The number of likely N-dealkylation sites (tertiary alicyclic amines) is 1. The minimum Gasteiger partial charge on any atom is -0.332 e. The smallest absolute Gasteiger partial charge is 0.298 e. The fourth-order valence-corrected chi connectivity index (χ4v) is 4.52. The lowest BCUT2D eigenvalue weighted by molar-refractivity contribution is -0.126. The number of amides is 3. The van der Waals surface area contributed by atoms with E-state index in [2.05, 4.69) is 27.7 Å². The van der Waals surface area contributed by atoms with Crippen molar-refractivity contribution in [1.29, 1.82) is 0 Å². The van der Waals surface area contributed by atoms with E-state index in [0.717, 1.165) is 22.7 Å². The quantitative estimate of drug-likeness (QED) is 0.432. The minimum absolute atomic E-state index is 0.0931. The highest BCUT2D eigenvalue weighted by molar-refractivity contribution is 7.09. The van der Waals surface area contributed by atoms with Crippen molar-refractivity contribution in [2.75, 3.05) is 13.1 Å². The summed E-state index contributed by atoms with van der Waals surface area (Å²) in [6, 6.07) is 11.8. The van der Waals surface area contributed by atoms with E-state index in [-0.39, 0.29) is 17.5 Å². The molecule has 0 saturated carbocycles. The normalized spacial score (nSPS) is 13.5. The maximum Gasteiger partial charge on any atom is 0.298 e. The highest BCUT2D eigenvalue weighted by Crippen LogP contribution is 2.30. The Kier molecular flexibility index (Phi) is 7.48. The van der Waals surface area contributed by atoms with Crippen LogP contribution in [-0.4, -0.2) is 40.7 Å². The predicted octanol–water partition coefficient (Wildman–Crippen LogP) is 3.25. The number of hydrogen-bond donors (Lipinski definition) is 2. The van der Waals surface area contributed by atoms with E-state index in [9.17, 15) is 23.2 Å². The van der Waals surface area contributed by atoms with Gasteiger partial charge in [0.05, 0.1) is 10.6 Å². The SMILES string of the molecule is O=C(NNC(=O)c1ccc(F)cc1F)c1csc(C2CCN(C(=O)C#Cc3ccccc3)CC2)n1. The molecule has 2 aromatic carbocycles. The average molecular weight is 495 g/mol. The van der Waals surface area contributed by atoms with Gasteiger partial charge in [0.15, 0.2) is 0 Å². The highest BCUT2D eigenvalue weighted by Gasteiger charge is 2.26. The first-order valence-corrected chi connectivity index (χ1v) is 11.7. The van der Waals surface area contributed by atoms with Crippen LogP contribution in [0.2, 0.25) is 0 Å².